The van der Waals surface area contributed by atoms with Crippen molar-refractivity contribution in [3.05, 3.63) is 40.2 Å². The average molecular weight is 297 g/mol. The summed E-state index contributed by atoms with van der Waals surface area (Å²) in [7, 11) is 3.15. The second kappa shape index (κ2) is 6.63. The zero-order valence-corrected chi connectivity index (χ0v) is 12.5. The second-order valence-corrected chi connectivity index (χ2v) is 4.69. The van der Waals surface area contributed by atoms with Gasteiger partial charge >= 0.3 is 0 Å². The van der Waals surface area contributed by atoms with Crippen molar-refractivity contribution < 1.29 is 14.0 Å². The van der Waals surface area contributed by atoms with E-state index in [1.54, 1.807) is 14.2 Å². The number of nitrogens with one attached hydrogen (secondary N) is 1. The second-order valence-electron chi connectivity index (χ2n) is 4.31. The number of halogens is 1. The Balaban J connectivity index is 2.02. The molecule has 2 aromatic rings. The molecular weight excluding hydrogens is 280 g/mol. The van der Waals surface area contributed by atoms with Crippen LogP contribution < -0.4 is 14.8 Å². The van der Waals surface area contributed by atoms with Gasteiger partial charge in [-0.05, 0) is 18.6 Å². The molecular formula is C14H17ClN2O3. The third-order valence-corrected chi connectivity index (χ3v) is 3.27. The Bertz CT molecular complexity index is 584. The van der Waals surface area contributed by atoms with Crippen LogP contribution in [0.5, 0.6) is 11.5 Å². The number of aryl methyl sites for hydroxylation is 1. The maximum atomic E-state index is 6.30. The third kappa shape index (κ3) is 3.23. The molecule has 6 heteroatoms. The zero-order chi connectivity index (χ0) is 14.5. The van der Waals surface area contributed by atoms with E-state index in [1.165, 1.54) is 0 Å². The molecule has 0 aliphatic rings. The molecule has 108 valence electrons. The highest BCUT2D eigenvalue weighted by Crippen LogP contribution is 2.37. The standard InChI is InChI=1S/C14H17ClN2O3/c1-9-6-11(20-17-9)8-16-7-10-4-5-12(18-2)14(19-3)13(10)15/h4-6,16H,7-8H2,1-3H3. The quantitative estimate of drug-likeness (QED) is 0.888. The van der Waals surface area contributed by atoms with Gasteiger partial charge in [0.1, 0.15) is 0 Å². The molecule has 1 N–H and O–H groups in total. The van der Waals surface area contributed by atoms with E-state index >= 15 is 0 Å². The lowest BCUT2D eigenvalue weighted by Gasteiger charge is -2.13. The molecule has 0 spiro atoms. The van der Waals surface area contributed by atoms with E-state index in [0.717, 1.165) is 17.0 Å². The predicted octanol–water partition coefficient (Wildman–Crippen LogP) is 2.94. The molecule has 1 aromatic carbocycles. The molecule has 1 heterocycles. The molecule has 2 rings (SSSR count). The van der Waals surface area contributed by atoms with Crippen LogP contribution in [0.15, 0.2) is 22.7 Å². The molecule has 0 fully saturated rings. The van der Waals surface area contributed by atoms with E-state index in [1.807, 2.05) is 25.1 Å². The highest BCUT2D eigenvalue weighted by atomic mass is 35.5. The van der Waals surface area contributed by atoms with Crippen LogP contribution >= 0.6 is 11.6 Å². The normalized spacial score (nSPS) is 10.6. The number of hydrogen-bond donors (Lipinski definition) is 1. The van der Waals surface area contributed by atoms with Gasteiger partial charge in [0.05, 0.1) is 31.5 Å². The van der Waals surface area contributed by atoms with Gasteiger partial charge in [-0.3, -0.25) is 0 Å². The summed E-state index contributed by atoms with van der Waals surface area (Å²) in [6, 6.07) is 5.63. The fourth-order valence-corrected chi connectivity index (χ4v) is 2.19. The summed E-state index contributed by atoms with van der Waals surface area (Å²) in [6.45, 7) is 3.07. The first-order chi connectivity index (χ1) is 9.65. The molecule has 0 bridgehead atoms. The maximum Gasteiger partial charge on any atom is 0.179 e. The molecule has 0 unspecified atom stereocenters. The highest BCUT2D eigenvalue weighted by molar-refractivity contribution is 6.33. The SMILES string of the molecule is COc1ccc(CNCc2cc(C)no2)c(Cl)c1OC. The number of aromatic nitrogens is 1. The Morgan fingerprint density at radius 2 is 2.05 bits per heavy atom. The van der Waals surface area contributed by atoms with Crippen LogP contribution in [-0.4, -0.2) is 19.4 Å². The Labute approximate surface area is 122 Å². The molecule has 20 heavy (non-hydrogen) atoms. The van der Waals surface area contributed by atoms with Gasteiger partial charge in [-0.25, -0.2) is 0 Å². The van der Waals surface area contributed by atoms with Crippen LogP contribution in [0.4, 0.5) is 0 Å². The molecule has 5 nitrogen and oxygen atoms in total. The van der Waals surface area contributed by atoms with E-state index in [9.17, 15) is 0 Å². The minimum Gasteiger partial charge on any atom is -0.493 e. The summed E-state index contributed by atoms with van der Waals surface area (Å²) in [5, 5.41) is 7.63. The first-order valence-corrected chi connectivity index (χ1v) is 6.55. The molecule has 0 radical (unpaired) electrons. The van der Waals surface area contributed by atoms with Crippen molar-refractivity contribution in [1.82, 2.24) is 10.5 Å². The number of benzene rings is 1. The van der Waals surface area contributed by atoms with Crippen molar-refractivity contribution in [3.63, 3.8) is 0 Å². The van der Waals surface area contributed by atoms with Gasteiger partial charge in [-0.15, -0.1) is 0 Å². The van der Waals surface area contributed by atoms with Crippen molar-refractivity contribution in [3.8, 4) is 11.5 Å². The first-order valence-electron chi connectivity index (χ1n) is 6.18. The smallest absolute Gasteiger partial charge is 0.179 e. The van der Waals surface area contributed by atoms with Crippen molar-refractivity contribution in [2.24, 2.45) is 0 Å². The predicted molar refractivity (Wildman–Crippen MR) is 76.3 cm³/mol. The average Bonchev–Trinajstić information content (AvgIpc) is 2.86. The minimum atomic E-state index is 0.545. The largest absolute Gasteiger partial charge is 0.493 e. The summed E-state index contributed by atoms with van der Waals surface area (Å²) in [4.78, 5) is 0. The Hall–Kier alpha value is -1.72. The third-order valence-electron chi connectivity index (χ3n) is 2.86. The monoisotopic (exact) mass is 296 g/mol. The van der Waals surface area contributed by atoms with Gasteiger partial charge in [-0.1, -0.05) is 22.8 Å². The van der Waals surface area contributed by atoms with Gasteiger partial charge in [0, 0.05) is 12.6 Å². The van der Waals surface area contributed by atoms with Gasteiger partial charge in [0.2, 0.25) is 0 Å². The van der Waals surface area contributed by atoms with Crippen LogP contribution in [0.3, 0.4) is 0 Å². The molecule has 0 aliphatic heterocycles. The van der Waals surface area contributed by atoms with Crippen molar-refractivity contribution >= 4 is 11.6 Å². The van der Waals surface area contributed by atoms with Crippen LogP contribution in [0.1, 0.15) is 17.0 Å². The molecule has 1 aromatic heterocycles. The van der Waals surface area contributed by atoms with Crippen LogP contribution in [-0.2, 0) is 13.1 Å². The molecule has 0 amide bonds. The van der Waals surface area contributed by atoms with Gasteiger partial charge in [0.15, 0.2) is 17.3 Å². The van der Waals surface area contributed by atoms with E-state index in [2.05, 4.69) is 10.5 Å². The summed E-state index contributed by atoms with van der Waals surface area (Å²) >= 11 is 6.30. The van der Waals surface area contributed by atoms with E-state index < -0.39 is 0 Å². The van der Waals surface area contributed by atoms with Crippen molar-refractivity contribution in [2.75, 3.05) is 14.2 Å². The van der Waals surface area contributed by atoms with E-state index in [0.29, 0.717) is 29.6 Å². The Morgan fingerprint density at radius 3 is 2.65 bits per heavy atom. The zero-order valence-electron chi connectivity index (χ0n) is 11.7. The maximum absolute atomic E-state index is 6.30. The highest BCUT2D eigenvalue weighted by Gasteiger charge is 2.12. The van der Waals surface area contributed by atoms with Crippen LogP contribution in [0.2, 0.25) is 5.02 Å². The first kappa shape index (κ1) is 14.7. The Morgan fingerprint density at radius 1 is 1.25 bits per heavy atom. The van der Waals surface area contributed by atoms with Crippen LogP contribution in [0, 0.1) is 6.92 Å². The summed E-state index contributed by atoms with van der Waals surface area (Å²) in [5.41, 5.74) is 1.80. The number of rotatable bonds is 6. The minimum absolute atomic E-state index is 0.545. The number of methoxy groups -OCH3 is 2. The number of hydrogen-bond acceptors (Lipinski definition) is 5. The molecule has 0 aliphatic carbocycles. The number of ether oxygens (including phenoxy) is 2. The fraction of sp³-hybridized carbons (Fsp3) is 0.357. The lowest BCUT2D eigenvalue weighted by atomic mass is 10.2. The summed E-state index contributed by atoms with van der Waals surface area (Å²) in [5.74, 6) is 1.95. The van der Waals surface area contributed by atoms with Crippen molar-refractivity contribution in [2.45, 2.75) is 20.0 Å². The fourth-order valence-electron chi connectivity index (χ4n) is 1.89. The molecule has 0 atom stereocenters. The van der Waals surface area contributed by atoms with Crippen molar-refractivity contribution in [1.29, 1.82) is 0 Å². The van der Waals surface area contributed by atoms with E-state index in [-0.39, 0.29) is 0 Å². The summed E-state index contributed by atoms with van der Waals surface area (Å²) in [6.07, 6.45) is 0. The van der Waals surface area contributed by atoms with Gasteiger partial charge in [0.25, 0.3) is 0 Å². The van der Waals surface area contributed by atoms with Gasteiger partial charge < -0.3 is 19.3 Å². The topological polar surface area (TPSA) is 56.5 Å². The number of nitrogens with zero attached hydrogens (tertiary/aromatic N) is 1. The molecule has 0 saturated carbocycles. The van der Waals surface area contributed by atoms with E-state index in [4.69, 9.17) is 25.6 Å². The lowest BCUT2D eigenvalue weighted by Crippen LogP contribution is -2.12. The Kier molecular flexibility index (Phi) is 4.87. The molecule has 0 saturated heterocycles. The lowest BCUT2D eigenvalue weighted by molar-refractivity contribution is 0.354. The van der Waals surface area contributed by atoms with Gasteiger partial charge in [-0.2, -0.15) is 0 Å². The van der Waals surface area contributed by atoms with Crippen LogP contribution in [0.25, 0.3) is 0 Å². The summed E-state index contributed by atoms with van der Waals surface area (Å²) < 4.78 is 15.6.